The van der Waals surface area contributed by atoms with E-state index in [0.717, 1.165) is 38.1 Å². The number of nitrogens with one attached hydrogen (secondary N) is 2. The van der Waals surface area contributed by atoms with E-state index in [-0.39, 0.29) is 55.1 Å². The van der Waals surface area contributed by atoms with Crippen LogP contribution in [-0.2, 0) is 20.9 Å². The molecule has 2 saturated heterocycles. The monoisotopic (exact) mass is 553 g/mol. The standard InChI is InChI=1S/C23H32F5N5O3S/c1-16(34)31-8-10-32(11-9-31)18-4-7-21-20(12-18)23(36)33(15-30-21)14-22(35)29-13-17-2-5-19(6-3-17)37(24,25,26,27)28/h2-3,5-6,18,20-21,30H,4,7-15H2,1H3,(H,29,35). The minimum atomic E-state index is -9.74. The number of fused-ring (bicyclic) bond motifs is 1. The van der Waals surface area contributed by atoms with Gasteiger partial charge in [-0.3, -0.25) is 24.6 Å². The second-order valence-electron chi connectivity index (χ2n) is 10.0. The minimum absolute atomic E-state index is 0.0364. The first-order valence-corrected chi connectivity index (χ1v) is 14.2. The van der Waals surface area contributed by atoms with Gasteiger partial charge in [0, 0.05) is 51.7 Å². The first-order valence-electron chi connectivity index (χ1n) is 12.2. The first-order chi connectivity index (χ1) is 17.1. The second kappa shape index (κ2) is 9.38. The maximum atomic E-state index is 13.2. The van der Waals surface area contributed by atoms with E-state index < -0.39 is 21.0 Å². The summed E-state index contributed by atoms with van der Waals surface area (Å²) in [6.45, 7) is 4.26. The summed E-state index contributed by atoms with van der Waals surface area (Å²) >= 11 is 0. The molecule has 3 unspecified atom stereocenters. The van der Waals surface area contributed by atoms with Gasteiger partial charge in [0.2, 0.25) is 17.7 Å². The van der Waals surface area contributed by atoms with Crippen LogP contribution in [0, 0.1) is 5.92 Å². The quantitative estimate of drug-likeness (QED) is 0.530. The fourth-order valence-corrected chi connectivity index (χ4v) is 6.02. The summed E-state index contributed by atoms with van der Waals surface area (Å²) in [5.74, 6) is -0.833. The first kappa shape index (κ1) is 27.6. The van der Waals surface area contributed by atoms with Crippen molar-refractivity contribution in [1.29, 1.82) is 0 Å². The van der Waals surface area contributed by atoms with Crippen molar-refractivity contribution in [3.05, 3.63) is 29.8 Å². The fourth-order valence-electron chi connectivity index (χ4n) is 5.37. The molecule has 1 aliphatic carbocycles. The Morgan fingerprint density at radius 3 is 2.27 bits per heavy atom. The number of hydrogen-bond acceptors (Lipinski definition) is 5. The summed E-state index contributed by atoms with van der Waals surface area (Å²) in [7, 11) is -9.74. The van der Waals surface area contributed by atoms with Gasteiger partial charge in [-0.1, -0.05) is 31.6 Å². The Morgan fingerprint density at radius 2 is 1.68 bits per heavy atom. The largest absolute Gasteiger partial charge is 0.350 e. The molecule has 1 saturated carbocycles. The summed E-state index contributed by atoms with van der Waals surface area (Å²) in [5.41, 5.74) is 0.224. The molecule has 0 spiro atoms. The number of halogens is 5. The highest BCUT2D eigenvalue weighted by Crippen LogP contribution is 3.02. The van der Waals surface area contributed by atoms with Crippen molar-refractivity contribution in [2.24, 2.45) is 5.92 Å². The molecular weight excluding hydrogens is 521 g/mol. The summed E-state index contributed by atoms with van der Waals surface area (Å²) in [4.78, 5) is 40.8. The number of carbonyl (C=O) groups excluding carboxylic acids is 3. The zero-order valence-electron chi connectivity index (χ0n) is 20.5. The van der Waals surface area contributed by atoms with Crippen molar-refractivity contribution in [3.8, 4) is 0 Å². The molecule has 3 fully saturated rings. The summed E-state index contributed by atoms with van der Waals surface area (Å²) < 4.78 is 64.3. The van der Waals surface area contributed by atoms with Crippen LogP contribution in [0.4, 0.5) is 19.4 Å². The number of benzene rings is 1. The normalized spacial score (nSPS) is 27.2. The maximum Gasteiger partial charge on any atom is 0.310 e. The summed E-state index contributed by atoms with van der Waals surface area (Å²) in [6, 6.07) is 2.66. The number of piperazine rings is 1. The fraction of sp³-hybridized carbons (Fsp3) is 0.609. The lowest BCUT2D eigenvalue weighted by Gasteiger charge is -2.47. The van der Waals surface area contributed by atoms with Crippen molar-refractivity contribution in [2.45, 2.75) is 49.7 Å². The SMILES string of the molecule is CC(=O)N1CCN(C2CCC3NCN(CC(=O)NCc4ccc(S(F)(F)(F)(F)F)cc4)C(=O)C3C2)CC1. The Morgan fingerprint density at radius 1 is 1.03 bits per heavy atom. The molecule has 2 aliphatic heterocycles. The number of rotatable bonds is 6. The lowest BCUT2D eigenvalue weighted by molar-refractivity contribution is -0.146. The molecule has 3 amide bonds. The van der Waals surface area contributed by atoms with Crippen LogP contribution in [-0.4, -0.2) is 83.9 Å². The van der Waals surface area contributed by atoms with E-state index in [1.54, 1.807) is 6.92 Å². The van der Waals surface area contributed by atoms with Crippen molar-refractivity contribution in [1.82, 2.24) is 25.3 Å². The van der Waals surface area contributed by atoms with Gasteiger partial charge >= 0.3 is 10.2 Å². The van der Waals surface area contributed by atoms with Crippen LogP contribution in [0.3, 0.4) is 0 Å². The molecule has 4 rings (SSSR count). The minimum Gasteiger partial charge on any atom is -0.350 e. The van der Waals surface area contributed by atoms with Crippen LogP contribution in [0.1, 0.15) is 31.7 Å². The summed E-state index contributed by atoms with van der Waals surface area (Å²) in [5, 5.41) is 5.86. The van der Waals surface area contributed by atoms with Gasteiger partial charge in [-0.15, -0.1) is 0 Å². The van der Waals surface area contributed by atoms with Crippen LogP contribution < -0.4 is 10.6 Å². The highest BCUT2D eigenvalue weighted by molar-refractivity contribution is 8.45. The van der Waals surface area contributed by atoms with Crippen LogP contribution in [0.2, 0.25) is 0 Å². The molecule has 1 aromatic rings. The Labute approximate surface area is 212 Å². The Balaban J connectivity index is 1.28. The molecule has 0 bridgehead atoms. The zero-order valence-corrected chi connectivity index (χ0v) is 21.3. The van der Waals surface area contributed by atoms with E-state index >= 15 is 0 Å². The van der Waals surface area contributed by atoms with Gasteiger partial charge in [-0.05, 0) is 37.0 Å². The van der Waals surface area contributed by atoms with Gasteiger partial charge < -0.3 is 15.1 Å². The number of carbonyl (C=O) groups is 3. The van der Waals surface area contributed by atoms with E-state index in [4.69, 9.17) is 0 Å². The molecule has 0 radical (unpaired) electrons. The Bertz CT molecular complexity index is 1050. The van der Waals surface area contributed by atoms with Gasteiger partial charge in [-0.25, -0.2) is 0 Å². The van der Waals surface area contributed by atoms with Gasteiger partial charge in [0.1, 0.15) is 11.4 Å². The van der Waals surface area contributed by atoms with Crippen LogP contribution in [0.15, 0.2) is 29.2 Å². The molecule has 37 heavy (non-hydrogen) atoms. The molecule has 8 nitrogen and oxygen atoms in total. The number of hydrogen-bond donors (Lipinski definition) is 2. The molecule has 0 aromatic heterocycles. The molecular formula is C23H32F5N5O3S. The van der Waals surface area contributed by atoms with Crippen LogP contribution in [0.5, 0.6) is 0 Å². The van der Waals surface area contributed by atoms with E-state index in [1.807, 2.05) is 4.90 Å². The topological polar surface area (TPSA) is 85.0 Å². The van der Waals surface area contributed by atoms with Crippen molar-refractivity contribution < 1.29 is 33.8 Å². The highest BCUT2D eigenvalue weighted by Gasteiger charge is 2.65. The Kier molecular flexibility index (Phi) is 6.99. The molecule has 208 valence electrons. The average molecular weight is 554 g/mol. The lowest BCUT2D eigenvalue weighted by atomic mass is 9.79. The third-order valence-electron chi connectivity index (χ3n) is 7.46. The zero-order chi connectivity index (χ0) is 27.1. The van der Waals surface area contributed by atoms with E-state index in [1.165, 1.54) is 4.90 Å². The van der Waals surface area contributed by atoms with Gasteiger partial charge in [0.25, 0.3) is 0 Å². The van der Waals surface area contributed by atoms with Crippen molar-refractivity contribution >= 4 is 27.9 Å². The predicted octanol–water partition coefficient (Wildman–Crippen LogP) is 3.05. The van der Waals surface area contributed by atoms with E-state index in [9.17, 15) is 33.8 Å². The number of amides is 3. The molecule has 2 heterocycles. The lowest BCUT2D eigenvalue weighted by Crippen LogP contribution is -2.62. The van der Waals surface area contributed by atoms with Crippen LogP contribution >= 0.6 is 10.2 Å². The predicted molar refractivity (Wildman–Crippen MR) is 128 cm³/mol. The van der Waals surface area contributed by atoms with Crippen molar-refractivity contribution in [3.63, 3.8) is 0 Å². The molecule has 2 N–H and O–H groups in total. The third kappa shape index (κ3) is 6.71. The van der Waals surface area contributed by atoms with E-state index in [0.29, 0.717) is 31.6 Å². The van der Waals surface area contributed by atoms with E-state index in [2.05, 4.69) is 15.5 Å². The number of nitrogens with zero attached hydrogens (tertiary/aromatic N) is 3. The van der Waals surface area contributed by atoms with Crippen LogP contribution in [0.25, 0.3) is 0 Å². The Hall–Kier alpha value is -2.45. The van der Waals surface area contributed by atoms with Crippen molar-refractivity contribution in [2.75, 3.05) is 39.4 Å². The van der Waals surface area contributed by atoms with Gasteiger partial charge in [-0.2, -0.15) is 0 Å². The second-order valence-corrected chi connectivity index (χ2v) is 12.4. The summed E-state index contributed by atoms with van der Waals surface area (Å²) in [6.07, 6.45) is 2.44. The third-order valence-corrected chi connectivity index (χ3v) is 8.63. The molecule has 14 heteroatoms. The molecule has 3 aliphatic rings. The smallest absolute Gasteiger partial charge is 0.310 e. The molecule has 1 aromatic carbocycles. The van der Waals surface area contributed by atoms with Gasteiger partial charge in [0.05, 0.1) is 12.6 Å². The highest BCUT2D eigenvalue weighted by atomic mass is 32.5. The molecule has 3 atom stereocenters. The average Bonchev–Trinajstić information content (AvgIpc) is 2.83. The van der Waals surface area contributed by atoms with Gasteiger partial charge in [0.15, 0.2) is 0 Å². The maximum absolute atomic E-state index is 13.2.